The number of carbonyl (C=O) groups excluding carboxylic acids is 1. The SMILES string of the molecule is CCCNC(=O)[C@@H](NC)C(C)O. The van der Waals surface area contributed by atoms with Gasteiger partial charge in [0.25, 0.3) is 0 Å². The first-order valence-corrected chi connectivity index (χ1v) is 4.26. The van der Waals surface area contributed by atoms with Gasteiger partial charge in [-0.1, -0.05) is 6.92 Å². The largest absolute Gasteiger partial charge is 0.391 e. The molecule has 12 heavy (non-hydrogen) atoms. The van der Waals surface area contributed by atoms with E-state index in [0.717, 1.165) is 6.42 Å². The molecule has 0 aromatic heterocycles. The standard InChI is InChI=1S/C8H18N2O2/c1-4-5-10-8(12)7(9-3)6(2)11/h6-7,9,11H,4-5H2,1-3H3,(H,10,12)/t6?,7-/m0/s1. The van der Waals surface area contributed by atoms with Crippen molar-refractivity contribution in [3.05, 3.63) is 0 Å². The molecule has 1 unspecified atom stereocenters. The summed E-state index contributed by atoms with van der Waals surface area (Å²) in [4.78, 5) is 11.2. The van der Waals surface area contributed by atoms with Gasteiger partial charge < -0.3 is 15.7 Å². The average molecular weight is 174 g/mol. The van der Waals surface area contributed by atoms with Crippen LogP contribution in [-0.2, 0) is 4.79 Å². The van der Waals surface area contributed by atoms with E-state index in [1.165, 1.54) is 0 Å². The lowest BCUT2D eigenvalue weighted by atomic mass is 10.1. The lowest BCUT2D eigenvalue weighted by Crippen LogP contribution is -2.49. The Morgan fingerprint density at radius 2 is 2.17 bits per heavy atom. The first kappa shape index (κ1) is 11.4. The number of hydrogen-bond acceptors (Lipinski definition) is 3. The highest BCUT2D eigenvalue weighted by atomic mass is 16.3. The molecule has 0 rings (SSSR count). The summed E-state index contributed by atoms with van der Waals surface area (Å²) in [7, 11) is 1.66. The first-order chi connectivity index (χ1) is 5.63. The summed E-state index contributed by atoms with van der Waals surface area (Å²) in [5, 5.41) is 14.6. The number of carbonyl (C=O) groups is 1. The molecule has 0 aromatic rings. The number of hydrogen-bond donors (Lipinski definition) is 3. The summed E-state index contributed by atoms with van der Waals surface area (Å²) in [6.45, 7) is 4.23. The fourth-order valence-corrected chi connectivity index (χ4v) is 0.950. The molecule has 0 radical (unpaired) electrons. The fraction of sp³-hybridized carbons (Fsp3) is 0.875. The van der Waals surface area contributed by atoms with Crippen molar-refractivity contribution in [2.75, 3.05) is 13.6 Å². The van der Waals surface area contributed by atoms with Crippen molar-refractivity contribution in [3.63, 3.8) is 0 Å². The van der Waals surface area contributed by atoms with Crippen LogP contribution < -0.4 is 10.6 Å². The maximum absolute atomic E-state index is 11.2. The van der Waals surface area contributed by atoms with E-state index in [-0.39, 0.29) is 5.91 Å². The van der Waals surface area contributed by atoms with Crippen LogP contribution in [0.3, 0.4) is 0 Å². The highest BCUT2D eigenvalue weighted by Crippen LogP contribution is 1.91. The summed E-state index contributed by atoms with van der Waals surface area (Å²) in [6, 6.07) is -0.503. The maximum atomic E-state index is 11.2. The summed E-state index contributed by atoms with van der Waals surface area (Å²) in [5.74, 6) is -0.144. The highest BCUT2D eigenvalue weighted by molar-refractivity contribution is 5.82. The zero-order valence-corrected chi connectivity index (χ0v) is 7.92. The summed E-state index contributed by atoms with van der Waals surface area (Å²) < 4.78 is 0. The van der Waals surface area contributed by atoms with Gasteiger partial charge in [0.2, 0.25) is 5.91 Å². The predicted octanol–water partition coefficient (Wildman–Crippen LogP) is -0.519. The molecule has 0 aromatic carbocycles. The molecule has 0 spiro atoms. The lowest BCUT2D eigenvalue weighted by Gasteiger charge is -2.17. The van der Waals surface area contributed by atoms with Crippen molar-refractivity contribution in [2.24, 2.45) is 0 Å². The molecule has 0 heterocycles. The van der Waals surface area contributed by atoms with Gasteiger partial charge in [0.15, 0.2) is 0 Å². The number of nitrogens with one attached hydrogen (secondary N) is 2. The predicted molar refractivity (Wildman–Crippen MR) is 47.8 cm³/mol. The number of amides is 1. The smallest absolute Gasteiger partial charge is 0.239 e. The molecule has 4 nitrogen and oxygen atoms in total. The Kier molecular flexibility index (Phi) is 5.66. The van der Waals surface area contributed by atoms with Crippen LogP contribution in [0.1, 0.15) is 20.3 Å². The minimum absolute atomic E-state index is 0.144. The molecule has 3 N–H and O–H groups in total. The Labute approximate surface area is 73.3 Å². The number of rotatable bonds is 5. The molecular formula is C8H18N2O2. The van der Waals surface area contributed by atoms with Crippen LogP contribution in [0.5, 0.6) is 0 Å². The Morgan fingerprint density at radius 3 is 2.50 bits per heavy atom. The zero-order valence-electron chi connectivity index (χ0n) is 7.92. The van der Waals surface area contributed by atoms with Gasteiger partial charge in [0, 0.05) is 6.54 Å². The van der Waals surface area contributed by atoms with Crippen LogP contribution in [0.15, 0.2) is 0 Å². The molecule has 4 heteroatoms. The van der Waals surface area contributed by atoms with Crippen LogP contribution in [0, 0.1) is 0 Å². The van der Waals surface area contributed by atoms with Crippen LogP contribution in [0.25, 0.3) is 0 Å². The second-order valence-corrected chi connectivity index (χ2v) is 2.80. The third-order valence-corrected chi connectivity index (χ3v) is 1.63. The Hall–Kier alpha value is -0.610. The summed E-state index contributed by atoms with van der Waals surface area (Å²) in [5.41, 5.74) is 0. The van der Waals surface area contributed by atoms with E-state index in [1.54, 1.807) is 14.0 Å². The molecule has 1 amide bonds. The van der Waals surface area contributed by atoms with Crippen LogP contribution in [-0.4, -0.2) is 36.8 Å². The molecule has 2 atom stereocenters. The van der Waals surface area contributed by atoms with E-state index in [9.17, 15) is 4.79 Å². The molecule has 0 fully saturated rings. The van der Waals surface area contributed by atoms with E-state index in [0.29, 0.717) is 6.54 Å². The third-order valence-electron chi connectivity index (χ3n) is 1.63. The number of likely N-dealkylation sites (N-methyl/N-ethyl adjacent to an activating group) is 1. The van der Waals surface area contributed by atoms with Gasteiger partial charge in [0.05, 0.1) is 6.10 Å². The topological polar surface area (TPSA) is 61.4 Å². The molecule has 0 aliphatic rings. The highest BCUT2D eigenvalue weighted by Gasteiger charge is 2.20. The van der Waals surface area contributed by atoms with Crippen LogP contribution in [0.4, 0.5) is 0 Å². The molecular weight excluding hydrogens is 156 g/mol. The number of aliphatic hydroxyl groups is 1. The van der Waals surface area contributed by atoms with Gasteiger partial charge in [-0.3, -0.25) is 4.79 Å². The van der Waals surface area contributed by atoms with Gasteiger partial charge in [-0.2, -0.15) is 0 Å². The van der Waals surface area contributed by atoms with E-state index in [2.05, 4.69) is 10.6 Å². The molecule has 0 saturated heterocycles. The van der Waals surface area contributed by atoms with Crippen LogP contribution >= 0.6 is 0 Å². The molecule has 0 aliphatic carbocycles. The minimum Gasteiger partial charge on any atom is -0.391 e. The second-order valence-electron chi connectivity index (χ2n) is 2.80. The Morgan fingerprint density at radius 1 is 1.58 bits per heavy atom. The Bertz CT molecular complexity index is 137. The molecule has 0 bridgehead atoms. The van der Waals surface area contributed by atoms with Crippen molar-refractivity contribution in [2.45, 2.75) is 32.4 Å². The Balaban J connectivity index is 3.86. The van der Waals surface area contributed by atoms with Gasteiger partial charge in [-0.15, -0.1) is 0 Å². The minimum atomic E-state index is -0.660. The summed E-state index contributed by atoms with van der Waals surface area (Å²) >= 11 is 0. The average Bonchev–Trinajstić information content (AvgIpc) is 2.01. The van der Waals surface area contributed by atoms with Crippen molar-refractivity contribution in [3.8, 4) is 0 Å². The monoisotopic (exact) mass is 174 g/mol. The molecule has 0 saturated carbocycles. The van der Waals surface area contributed by atoms with Gasteiger partial charge >= 0.3 is 0 Å². The quantitative estimate of drug-likeness (QED) is 0.525. The normalized spacial score (nSPS) is 15.3. The molecule has 72 valence electrons. The van der Waals surface area contributed by atoms with Crippen LogP contribution in [0.2, 0.25) is 0 Å². The number of aliphatic hydroxyl groups excluding tert-OH is 1. The summed E-state index contributed by atoms with van der Waals surface area (Å²) in [6.07, 6.45) is 0.244. The van der Waals surface area contributed by atoms with Gasteiger partial charge in [0.1, 0.15) is 6.04 Å². The van der Waals surface area contributed by atoms with E-state index < -0.39 is 12.1 Å². The van der Waals surface area contributed by atoms with Crippen molar-refractivity contribution >= 4 is 5.91 Å². The van der Waals surface area contributed by atoms with E-state index >= 15 is 0 Å². The zero-order chi connectivity index (χ0) is 9.56. The van der Waals surface area contributed by atoms with Crippen molar-refractivity contribution < 1.29 is 9.90 Å². The fourth-order valence-electron chi connectivity index (χ4n) is 0.950. The maximum Gasteiger partial charge on any atom is 0.239 e. The first-order valence-electron chi connectivity index (χ1n) is 4.26. The lowest BCUT2D eigenvalue weighted by molar-refractivity contribution is -0.125. The second kappa shape index (κ2) is 5.97. The van der Waals surface area contributed by atoms with Crippen molar-refractivity contribution in [1.29, 1.82) is 0 Å². The molecule has 0 aliphatic heterocycles. The van der Waals surface area contributed by atoms with E-state index in [4.69, 9.17) is 5.11 Å². The van der Waals surface area contributed by atoms with Crippen molar-refractivity contribution in [1.82, 2.24) is 10.6 Å². The third kappa shape index (κ3) is 3.69. The van der Waals surface area contributed by atoms with E-state index in [1.807, 2.05) is 6.92 Å². The van der Waals surface area contributed by atoms with Gasteiger partial charge in [-0.05, 0) is 20.4 Å². The van der Waals surface area contributed by atoms with Gasteiger partial charge in [-0.25, -0.2) is 0 Å².